The van der Waals surface area contributed by atoms with Crippen LogP contribution >= 0.6 is 8.25 Å². The molecule has 15 heteroatoms. The van der Waals surface area contributed by atoms with E-state index < -0.39 is 38.0 Å². The summed E-state index contributed by atoms with van der Waals surface area (Å²) in [4.78, 5) is 67.2. The minimum atomic E-state index is -2.92. The summed E-state index contributed by atoms with van der Waals surface area (Å²) < 4.78 is 33.3. The second-order valence-electron chi connectivity index (χ2n) is 12.0. The van der Waals surface area contributed by atoms with Gasteiger partial charge in [0.15, 0.2) is 11.5 Å². The molecule has 3 amide bonds. The van der Waals surface area contributed by atoms with Crippen molar-refractivity contribution in [2.24, 2.45) is 5.92 Å². The molecule has 0 spiro atoms. The molecule has 54 heavy (non-hydrogen) atoms. The molecule has 3 aromatic carbocycles. The highest BCUT2D eigenvalue weighted by Crippen LogP contribution is 2.34. The lowest BCUT2D eigenvalue weighted by molar-refractivity contribution is -0.171. The lowest BCUT2D eigenvalue weighted by Crippen LogP contribution is -2.49. The molecule has 3 atom stereocenters. The number of carbonyl (C=O) groups is 4. The van der Waals surface area contributed by atoms with E-state index >= 15 is 0 Å². The molecule has 4 aromatic rings. The van der Waals surface area contributed by atoms with Gasteiger partial charge in [0.2, 0.25) is 12.3 Å². The maximum atomic E-state index is 13.6. The standard InChI is InChI=1S/C39H44N3O11P/c1-4-7-9-16-31(33(5-2)42(26-43)52-39(46)32-17-12-13-18-35(32)50-24-27-14-10-8-11-15-27)37(44)40-25-41-38(45)36-20-19-34(51-36)28-21-29(49-6-3)23-30(22-28)53-54(47)48/h8,10-15,17-23,26,31,33H,4-7,9,16,24-25H2,1-3H3,(H2-,40,41,44,45,47,48)/p+1. The summed E-state index contributed by atoms with van der Waals surface area (Å²) in [6, 6.07) is 22.7. The van der Waals surface area contributed by atoms with Crippen LogP contribution in [-0.2, 0) is 25.6 Å². The second-order valence-corrected chi connectivity index (χ2v) is 12.7. The van der Waals surface area contributed by atoms with Crippen LogP contribution < -0.4 is 24.6 Å². The highest BCUT2D eigenvalue weighted by molar-refractivity contribution is 7.32. The van der Waals surface area contributed by atoms with E-state index in [9.17, 15) is 28.6 Å². The quantitative estimate of drug-likeness (QED) is 0.0247. The molecule has 0 fully saturated rings. The van der Waals surface area contributed by atoms with Crippen molar-refractivity contribution in [3.05, 3.63) is 102 Å². The van der Waals surface area contributed by atoms with Gasteiger partial charge in [0.25, 0.3) is 5.91 Å². The van der Waals surface area contributed by atoms with Crippen molar-refractivity contribution in [3.8, 4) is 28.6 Å². The number of benzene rings is 3. The molecule has 0 bridgehead atoms. The number of nitrogens with one attached hydrogen (secondary N) is 2. The third-order valence-corrected chi connectivity index (χ3v) is 8.67. The molecule has 1 aromatic heterocycles. The molecule has 3 unspecified atom stereocenters. The fourth-order valence-electron chi connectivity index (χ4n) is 5.71. The first-order valence-corrected chi connectivity index (χ1v) is 18.8. The zero-order valence-corrected chi connectivity index (χ0v) is 31.3. The van der Waals surface area contributed by atoms with Gasteiger partial charge in [-0.3, -0.25) is 14.4 Å². The molecule has 286 valence electrons. The summed E-state index contributed by atoms with van der Waals surface area (Å²) in [7, 11) is -2.92. The predicted octanol–water partition coefficient (Wildman–Crippen LogP) is 6.96. The van der Waals surface area contributed by atoms with Crippen LogP contribution in [0.5, 0.6) is 17.2 Å². The SMILES string of the molecule is CCCCCC(C(=O)NCNC(=O)c1ccc(-c2cc(OCC)cc(O[P+](=O)O)c2)o1)C(CC)N(C=O)OC(=O)c1ccccc1OCc1ccccc1. The highest BCUT2D eigenvalue weighted by atomic mass is 31.1. The van der Waals surface area contributed by atoms with E-state index in [1.807, 2.05) is 37.3 Å². The van der Waals surface area contributed by atoms with Gasteiger partial charge in [0.1, 0.15) is 29.4 Å². The normalized spacial score (nSPS) is 12.1. The molecular weight excluding hydrogens is 717 g/mol. The van der Waals surface area contributed by atoms with E-state index in [1.54, 1.807) is 44.2 Å². The number of para-hydroxylation sites is 1. The van der Waals surface area contributed by atoms with Crippen LogP contribution in [0.1, 0.15) is 79.4 Å². The van der Waals surface area contributed by atoms with Crippen molar-refractivity contribution in [3.63, 3.8) is 0 Å². The van der Waals surface area contributed by atoms with Crippen LogP contribution in [0.3, 0.4) is 0 Å². The number of unbranched alkanes of at least 4 members (excludes halogenated alkanes) is 2. The van der Waals surface area contributed by atoms with Crippen LogP contribution in [-0.4, -0.2) is 53.5 Å². The number of furan rings is 1. The average Bonchev–Trinajstić information content (AvgIpc) is 3.67. The van der Waals surface area contributed by atoms with Gasteiger partial charge in [-0.1, -0.05) is 75.6 Å². The van der Waals surface area contributed by atoms with Crippen molar-refractivity contribution in [2.45, 2.75) is 65.5 Å². The number of rotatable bonds is 22. The summed E-state index contributed by atoms with van der Waals surface area (Å²) in [5.74, 6) is -1.75. The number of ether oxygens (including phenoxy) is 2. The Labute approximate surface area is 314 Å². The third-order valence-electron chi connectivity index (χ3n) is 8.30. The van der Waals surface area contributed by atoms with Crippen LogP contribution in [0.4, 0.5) is 0 Å². The Kier molecular flexibility index (Phi) is 16.0. The summed E-state index contributed by atoms with van der Waals surface area (Å²) in [6.07, 6.45) is 3.47. The zero-order valence-electron chi connectivity index (χ0n) is 30.4. The highest BCUT2D eigenvalue weighted by Gasteiger charge is 2.34. The van der Waals surface area contributed by atoms with E-state index in [4.69, 9.17) is 23.3 Å². The summed E-state index contributed by atoms with van der Waals surface area (Å²) >= 11 is 0. The van der Waals surface area contributed by atoms with Gasteiger partial charge in [0.05, 0.1) is 25.2 Å². The number of amides is 3. The first-order chi connectivity index (χ1) is 26.2. The summed E-state index contributed by atoms with van der Waals surface area (Å²) in [5, 5.41) is 6.20. The molecule has 14 nitrogen and oxygen atoms in total. The molecule has 0 saturated carbocycles. The molecular formula is C39H45N3O11P+. The molecule has 0 aliphatic carbocycles. The molecule has 4 rings (SSSR count). The molecule has 0 aliphatic heterocycles. The Morgan fingerprint density at radius 1 is 0.907 bits per heavy atom. The minimum Gasteiger partial charge on any atom is -0.494 e. The molecule has 0 saturated heterocycles. The topological polar surface area (TPSA) is 183 Å². The molecule has 0 aliphatic rings. The van der Waals surface area contributed by atoms with Gasteiger partial charge in [-0.2, -0.15) is 5.06 Å². The van der Waals surface area contributed by atoms with Crippen LogP contribution in [0.15, 0.2) is 89.3 Å². The number of hydrogen-bond donors (Lipinski definition) is 3. The number of carbonyl (C=O) groups excluding carboxylic acids is 4. The van der Waals surface area contributed by atoms with E-state index in [1.165, 1.54) is 24.3 Å². The van der Waals surface area contributed by atoms with Gasteiger partial charge in [-0.15, -0.1) is 4.89 Å². The van der Waals surface area contributed by atoms with Crippen molar-refractivity contribution >= 4 is 32.4 Å². The lowest BCUT2D eigenvalue weighted by Gasteiger charge is -2.32. The van der Waals surface area contributed by atoms with Crippen LogP contribution in [0.2, 0.25) is 0 Å². The van der Waals surface area contributed by atoms with Gasteiger partial charge >= 0.3 is 14.2 Å². The number of hydroxylamine groups is 2. The molecule has 3 N–H and O–H groups in total. The fourth-order valence-corrected chi connectivity index (χ4v) is 6.00. The smallest absolute Gasteiger partial charge is 0.494 e. The number of hydrogen-bond acceptors (Lipinski definition) is 10. The van der Waals surface area contributed by atoms with E-state index in [2.05, 4.69) is 10.6 Å². The summed E-state index contributed by atoms with van der Waals surface area (Å²) in [5.41, 5.74) is 1.45. The summed E-state index contributed by atoms with van der Waals surface area (Å²) in [6.45, 7) is 5.88. The Bertz CT molecular complexity index is 1870. The second kappa shape index (κ2) is 21.1. The van der Waals surface area contributed by atoms with Gasteiger partial charge < -0.3 is 29.4 Å². The lowest BCUT2D eigenvalue weighted by atomic mass is 9.90. The van der Waals surface area contributed by atoms with E-state index in [-0.39, 0.29) is 48.3 Å². The van der Waals surface area contributed by atoms with Crippen LogP contribution in [0, 0.1) is 5.92 Å². The average molecular weight is 763 g/mol. The van der Waals surface area contributed by atoms with Gasteiger partial charge in [0, 0.05) is 16.2 Å². The van der Waals surface area contributed by atoms with Crippen LogP contribution in [0.25, 0.3) is 11.3 Å². The number of nitrogens with zero attached hydrogens (tertiary/aromatic N) is 1. The first-order valence-electron chi connectivity index (χ1n) is 17.7. The Morgan fingerprint density at radius 3 is 2.35 bits per heavy atom. The van der Waals surface area contributed by atoms with E-state index in [0.29, 0.717) is 37.2 Å². The maximum absolute atomic E-state index is 13.6. The van der Waals surface area contributed by atoms with Crippen molar-refractivity contribution < 1.29 is 51.9 Å². The van der Waals surface area contributed by atoms with Gasteiger partial charge in [-0.25, -0.2) is 9.32 Å². The maximum Gasteiger partial charge on any atom is 0.747 e. The third kappa shape index (κ3) is 11.9. The minimum absolute atomic E-state index is 0.0604. The van der Waals surface area contributed by atoms with E-state index in [0.717, 1.165) is 23.5 Å². The zero-order chi connectivity index (χ0) is 38.9. The molecule has 1 heterocycles. The Balaban J connectivity index is 1.41. The monoisotopic (exact) mass is 762 g/mol. The van der Waals surface area contributed by atoms with Gasteiger partial charge in [-0.05, 0) is 61.7 Å². The first kappa shape index (κ1) is 41.0. The largest absolute Gasteiger partial charge is 0.747 e. The Morgan fingerprint density at radius 2 is 1.65 bits per heavy atom. The van der Waals surface area contributed by atoms with Crippen molar-refractivity contribution in [1.82, 2.24) is 15.7 Å². The fraction of sp³-hybridized carbons (Fsp3) is 0.333. The Hall–Kier alpha value is -5.72. The predicted molar refractivity (Wildman–Crippen MR) is 198 cm³/mol. The van der Waals surface area contributed by atoms with Crippen molar-refractivity contribution in [1.29, 1.82) is 0 Å². The van der Waals surface area contributed by atoms with Crippen molar-refractivity contribution in [2.75, 3.05) is 13.3 Å². The molecule has 0 radical (unpaired) electrons.